The van der Waals surface area contributed by atoms with Gasteiger partial charge in [-0.05, 0) is 31.4 Å². The quantitative estimate of drug-likeness (QED) is 0.374. The number of halogens is 3. The third-order valence-electron chi connectivity index (χ3n) is 6.05. The second-order valence-corrected chi connectivity index (χ2v) is 9.30. The summed E-state index contributed by atoms with van der Waals surface area (Å²) in [5.41, 5.74) is 3.18. The fourth-order valence-electron chi connectivity index (χ4n) is 4.02. The van der Waals surface area contributed by atoms with Crippen LogP contribution in [0.2, 0.25) is 0 Å². The first-order valence-corrected chi connectivity index (χ1v) is 12.3. The van der Waals surface area contributed by atoms with Crippen LogP contribution in [0.5, 0.6) is 0 Å². The van der Waals surface area contributed by atoms with Crippen molar-refractivity contribution in [3.63, 3.8) is 0 Å². The SMILES string of the molecule is C=C1N(CCOC)/C(=C/CC)c2c(sc(CNCC(CC)CC)c2C)N1CCC(F)(F)F. The molecule has 2 heterocycles. The lowest BCUT2D eigenvalue weighted by atomic mass is 10.0. The maximum atomic E-state index is 13.1. The van der Waals surface area contributed by atoms with Gasteiger partial charge in [-0.3, -0.25) is 0 Å². The predicted octanol–water partition coefficient (Wildman–Crippen LogP) is 6.53. The molecule has 0 fully saturated rings. The van der Waals surface area contributed by atoms with E-state index < -0.39 is 12.6 Å². The maximum Gasteiger partial charge on any atom is 0.390 e. The van der Waals surface area contributed by atoms with E-state index in [0.29, 0.717) is 24.9 Å². The molecule has 4 nitrogen and oxygen atoms in total. The molecule has 0 radical (unpaired) electrons. The van der Waals surface area contributed by atoms with Gasteiger partial charge in [-0.25, -0.2) is 0 Å². The lowest BCUT2D eigenvalue weighted by molar-refractivity contribution is -0.132. The van der Waals surface area contributed by atoms with Crippen molar-refractivity contribution in [1.82, 2.24) is 10.2 Å². The lowest BCUT2D eigenvalue weighted by Crippen LogP contribution is -2.41. The molecule has 1 aromatic rings. The molecule has 0 bridgehead atoms. The van der Waals surface area contributed by atoms with Gasteiger partial charge < -0.3 is 19.9 Å². The van der Waals surface area contributed by atoms with Gasteiger partial charge in [0.2, 0.25) is 0 Å². The van der Waals surface area contributed by atoms with Crippen LogP contribution in [0.1, 0.15) is 62.5 Å². The Hall–Kier alpha value is -1.51. The van der Waals surface area contributed by atoms with Gasteiger partial charge in [-0.1, -0.05) is 46.3 Å². The van der Waals surface area contributed by atoms with E-state index in [1.165, 1.54) is 4.88 Å². The summed E-state index contributed by atoms with van der Waals surface area (Å²) in [6, 6.07) is 0. The molecule has 0 atom stereocenters. The smallest absolute Gasteiger partial charge is 0.383 e. The molecule has 0 amide bonds. The van der Waals surface area contributed by atoms with Gasteiger partial charge in [-0.15, -0.1) is 11.3 Å². The van der Waals surface area contributed by atoms with Crippen molar-refractivity contribution in [1.29, 1.82) is 0 Å². The molecule has 182 valence electrons. The number of rotatable bonds is 12. The van der Waals surface area contributed by atoms with Crippen molar-refractivity contribution in [2.24, 2.45) is 5.92 Å². The Kier molecular flexibility index (Phi) is 10.1. The number of alkyl halides is 3. The van der Waals surface area contributed by atoms with E-state index in [2.05, 4.69) is 45.7 Å². The monoisotopic (exact) mass is 473 g/mol. The van der Waals surface area contributed by atoms with Gasteiger partial charge in [0.1, 0.15) is 10.8 Å². The first kappa shape index (κ1) is 26.7. The number of allylic oxidation sites excluding steroid dienone is 1. The summed E-state index contributed by atoms with van der Waals surface area (Å²) in [7, 11) is 1.63. The number of thiophene rings is 1. The molecule has 0 unspecified atom stereocenters. The van der Waals surface area contributed by atoms with Crippen LogP contribution in [-0.4, -0.2) is 44.4 Å². The highest BCUT2D eigenvalue weighted by Crippen LogP contribution is 2.48. The number of nitrogens with zero attached hydrogens (tertiary/aromatic N) is 2. The lowest BCUT2D eigenvalue weighted by Gasteiger charge is -2.41. The average Bonchev–Trinajstić information content (AvgIpc) is 3.06. The highest BCUT2D eigenvalue weighted by Gasteiger charge is 2.36. The average molecular weight is 474 g/mol. The van der Waals surface area contributed by atoms with Crippen molar-refractivity contribution in [3.05, 3.63) is 34.5 Å². The van der Waals surface area contributed by atoms with Gasteiger partial charge >= 0.3 is 6.18 Å². The van der Waals surface area contributed by atoms with Crippen LogP contribution >= 0.6 is 11.3 Å². The van der Waals surface area contributed by atoms with Gasteiger partial charge in [0, 0.05) is 42.9 Å². The number of anilines is 1. The molecule has 1 aromatic heterocycles. The van der Waals surface area contributed by atoms with Crippen molar-refractivity contribution < 1.29 is 17.9 Å². The summed E-state index contributed by atoms with van der Waals surface area (Å²) in [4.78, 5) is 4.92. The van der Waals surface area contributed by atoms with Crippen molar-refractivity contribution in [2.45, 2.75) is 66.1 Å². The highest BCUT2D eigenvalue weighted by atomic mass is 32.1. The summed E-state index contributed by atoms with van der Waals surface area (Å²) >= 11 is 1.58. The number of hydrogen-bond acceptors (Lipinski definition) is 5. The zero-order chi connectivity index (χ0) is 23.9. The largest absolute Gasteiger partial charge is 0.390 e. The Labute approximate surface area is 195 Å². The first-order valence-electron chi connectivity index (χ1n) is 11.5. The summed E-state index contributed by atoms with van der Waals surface area (Å²) in [6.07, 6.45) is 0.130. The van der Waals surface area contributed by atoms with Crippen molar-refractivity contribution in [3.8, 4) is 0 Å². The fraction of sp³-hybridized carbons (Fsp3) is 0.667. The Morgan fingerprint density at radius 1 is 1.16 bits per heavy atom. The van der Waals surface area contributed by atoms with E-state index >= 15 is 0 Å². The summed E-state index contributed by atoms with van der Waals surface area (Å²) < 4.78 is 44.6. The third-order valence-corrected chi connectivity index (χ3v) is 7.37. The minimum absolute atomic E-state index is 0.140. The Morgan fingerprint density at radius 3 is 2.41 bits per heavy atom. The molecule has 1 N–H and O–H groups in total. The van der Waals surface area contributed by atoms with Gasteiger partial charge in [0.15, 0.2) is 0 Å². The normalized spacial score (nSPS) is 15.9. The minimum Gasteiger partial charge on any atom is -0.383 e. The highest BCUT2D eigenvalue weighted by molar-refractivity contribution is 7.16. The van der Waals surface area contributed by atoms with E-state index in [9.17, 15) is 13.2 Å². The van der Waals surface area contributed by atoms with E-state index in [1.807, 2.05) is 4.90 Å². The van der Waals surface area contributed by atoms with Crippen LogP contribution in [0.4, 0.5) is 18.2 Å². The zero-order valence-corrected chi connectivity index (χ0v) is 20.9. The second-order valence-electron chi connectivity index (χ2n) is 8.22. The van der Waals surface area contributed by atoms with Crippen molar-refractivity contribution >= 4 is 22.0 Å². The molecule has 32 heavy (non-hydrogen) atoms. The van der Waals surface area contributed by atoms with Crippen LogP contribution in [0.25, 0.3) is 5.70 Å². The Bertz CT molecular complexity index is 784. The Morgan fingerprint density at radius 2 is 1.84 bits per heavy atom. The maximum absolute atomic E-state index is 13.1. The molecule has 1 aliphatic heterocycles. The molecule has 0 aromatic carbocycles. The molecule has 8 heteroatoms. The number of fused-ring (bicyclic) bond motifs is 1. The minimum atomic E-state index is -4.22. The summed E-state index contributed by atoms with van der Waals surface area (Å²) in [6.45, 7) is 15.3. The fourth-order valence-corrected chi connectivity index (χ4v) is 5.34. The van der Waals surface area contributed by atoms with E-state index in [4.69, 9.17) is 4.74 Å². The van der Waals surface area contributed by atoms with Gasteiger partial charge in [0.05, 0.1) is 13.0 Å². The van der Waals surface area contributed by atoms with E-state index in [-0.39, 0.29) is 6.54 Å². The Balaban J connectivity index is 2.43. The number of ether oxygens (including phenoxy) is 1. The summed E-state index contributed by atoms with van der Waals surface area (Å²) in [5, 5.41) is 4.43. The molecule has 0 aliphatic carbocycles. The van der Waals surface area contributed by atoms with E-state index in [1.54, 1.807) is 23.3 Å². The number of methoxy groups -OCH3 is 1. The van der Waals surface area contributed by atoms with Crippen LogP contribution < -0.4 is 10.2 Å². The van der Waals surface area contributed by atoms with Gasteiger partial charge in [0.25, 0.3) is 0 Å². The van der Waals surface area contributed by atoms with Crippen LogP contribution in [0, 0.1) is 12.8 Å². The molecule has 0 saturated carbocycles. The molecule has 2 rings (SSSR count). The van der Waals surface area contributed by atoms with Crippen LogP contribution in [-0.2, 0) is 11.3 Å². The number of nitrogens with one attached hydrogen (secondary N) is 1. The number of hydrogen-bond donors (Lipinski definition) is 1. The topological polar surface area (TPSA) is 27.7 Å². The second kappa shape index (κ2) is 12.1. The molecule has 0 spiro atoms. The van der Waals surface area contributed by atoms with Crippen molar-refractivity contribution in [2.75, 3.05) is 38.3 Å². The first-order chi connectivity index (χ1) is 15.2. The molecule has 1 aliphatic rings. The standard InChI is InChI=1S/C24H38F3N3OS/c1-7-10-20-22-17(4)21(16-28-15-19(8-2)9-3)32-23(22)30(12-11-24(25,26)27)18(5)29(20)13-14-31-6/h10,19,28H,5,7-9,11-16H2,1-4,6H3/b20-10+. The molecular weight excluding hydrogens is 435 g/mol. The van der Waals surface area contributed by atoms with Gasteiger partial charge in [-0.2, -0.15) is 13.2 Å². The predicted molar refractivity (Wildman–Crippen MR) is 129 cm³/mol. The van der Waals surface area contributed by atoms with E-state index in [0.717, 1.165) is 54.2 Å². The molecule has 0 saturated heterocycles. The molecular formula is C24H38F3N3OS. The third kappa shape index (κ3) is 6.51. The zero-order valence-electron chi connectivity index (χ0n) is 20.1. The summed E-state index contributed by atoms with van der Waals surface area (Å²) in [5.74, 6) is 1.21. The van der Waals surface area contributed by atoms with Crippen LogP contribution in [0.3, 0.4) is 0 Å². The van der Waals surface area contributed by atoms with Crippen LogP contribution in [0.15, 0.2) is 18.5 Å².